The van der Waals surface area contributed by atoms with Crippen molar-refractivity contribution in [1.82, 2.24) is 15.6 Å². The highest BCUT2D eigenvalue weighted by molar-refractivity contribution is 7.98. The van der Waals surface area contributed by atoms with E-state index in [9.17, 15) is 13.6 Å². The molecular weight excluding hydrogens is 368 g/mol. The second-order valence-corrected chi connectivity index (χ2v) is 7.68. The van der Waals surface area contributed by atoms with Gasteiger partial charge in [0.1, 0.15) is 0 Å². The van der Waals surface area contributed by atoms with Gasteiger partial charge in [-0.2, -0.15) is 11.8 Å². The Morgan fingerprint density at radius 3 is 2.93 bits per heavy atom. The highest BCUT2D eigenvalue weighted by Crippen LogP contribution is 2.27. The standard InChI is InChI=1S/C20H23F2N3OS/c21-17-5-4-14(11-18(17)22)16-6-9-23-12-19(16)25-20(26)7-10-27-13-15-3-1-2-8-24-15/h1-5,8,11,16,19,23H,6-7,9-10,12-13H2,(H,25,26). The Kier molecular flexibility index (Phi) is 7.18. The molecule has 1 aromatic carbocycles. The molecule has 1 aliphatic heterocycles. The summed E-state index contributed by atoms with van der Waals surface area (Å²) in [6, 6.07) is 9.67. The summed E-state index contributed by atoms with van der Waals surface area (Å²) < 4.78 is 26.8. The molecule has 144 valence electrons. The molecule has 1 saturated heterocycles. The van der Waals surface area contributed by atoms with Gasteiger partial charge in [-0.25, -0.2) is 8.78 Å². The fourth-order valence-corrected chi connectivity index (χ4v) is 4.11. The molecule has 0 aliphatic carbocycles. The second-order valence-electron chi connectivity index (χ2n) is 6.57. The van der Waals surface area contributed by atoms with Crippen LogP contribution in [0.3, 0.4) is 0 Å². The molecule has 0 saturated carbocycles. The number of piperidine rings is 1. The van der Waals surface area contributed by atoms with E-state index in [0.717, 1.165) is 36.0 Å². The average Bonchev–Trinajstić information content (AvgIpc) is 2.69. The maximum absolute atomic E-state index is 13.6. The van der Waals surface area contributed by atoms with Crippen LogP contribution in [-0.4, -0.2) is 35.8 Å². The van der Waals surface area contributed by atoms with Crippen molar-refractivity contribution in [2.45, 2.75) is 30.6 Å². The van der Waals surface area contributed by atoms with E-state index in [1.807, 2.05) is 18.2 Å². The monoisotopic (exact) mass is 391 g/mol. The summed E-state index contributed by atoms with van der Waals surface area (Å²) in [5, 5.41) is 6.31. The number of pyridine rings is 1. The summed E-state index contributed by atoms with van der Waals surface area (Å²) in [5.41, 5.74) is 1.73. The van der Waals surface area contributed by atoms with Gasteiger partial charge in [0, 0.05) is 42.6 Å². The lowest BCUT2D eigenvalue weighted by Gasteiger charge is -2.33. The highest BCUT2D eigenvalue weighted by Gasteiger charge is 2.28. The number of rotatable bonds is 7. The second kappa shape index (κ2) is 9.80. The number of nitrogens with one attached hydrogen (secondary N) is 2. The molecule has 27 heavy (non-hydrogen) atoms. The molecule has 3 rings (SSSR count). The molecule has 2 heterocycles. The van der Waals surface area contributed by atoms with Gasteiger partial charge < -0.3 is 10.6 Å². The number of carbonyl (C=O) groups excluding carboxylic acids is 1. The topological polar surface area (TPSA) is 54.0 Å². The van der Waals surface area contributed by atoms with Gasteiger partial charge in [0.25, 0.3) is 0 Å². The Morgan fingerprint density at radius 2 is 2.15 bits per heavy atom. The van der Waals surface area contributed by atoms with Crippen molar-refractivity contribution >= 4 is 17.7 Å². The Balaban J connectivity index is 1.49. The number of amides is 1. The van der Waals surface area contributed by atoms with Gasteiger partial charge >= 0.3 is 0 Å². The van der Waals surface area contributed by atoms with E-state index in [0.29, 0.717) is 18.7 Å². The van der Waals surface area contributed by atoms with Crippen LogP contribution in [0.1, 0.15) is 30.0 Å². The van der Waals surface area contributed by atoms with Crippen LogP contribution < -0.4 is 10.6 Å². The first-order valence-electron chi connectivity index (χ1n) is 9.06. The SMILES string of the molecule is O=C(CCSCc1ccccn1)NC1CNCCC1c1ccc(F)c(F)c1. The summed E-state index contributed by atoms with van der Waals surface area (Å²) in [7, 11) is 0. The maximum Gasteiger partial charge on any atom is 0.221 e. The van der Waals surface area contributed by atoms with E-state index >= 15 is 0 Å². The van der Waals surface area contributed by atoms with E-state index in [1.54, 1.807) is 24.0 Å². The molecule has 2 aromatic rings. The third-order valence-corrected chi connectivity index (χ3v) is 5.64. The van der Waals surface area contributed by atoms with Crippen molar-refractivity contribution in [3.63, 3.8) is 0 Å². The minimum absolute atomic E-state index is 0.0218. The number of thioether (sulfide) groups is 1. The molecule has 0 spiro atoms. The number of halogens is 2. The van der Waals surface area contributed by atoms with Crippen molar-refractivity contribution in [3.05, 3.63) is 65.5 Å². The molecule has 1 fully saturated rings. The van der Waals surface area contributed by atoms with Gasteiger partial charge in [0.15, 0.2) is 11.6 Å². The highest BCUT2D eigenvalue weighted by atomic mass is 32.2. The number of aromatic nitrogens is 1. The molecular formula is C20H23F2N3OS. The van der Waals surface area contributed by atoms with E-state index in [2.05, 4.69) is 15.6 Å². The largest absolute Gasteiger partial charge is 0.351 e. The van der Waals surface area contributed by atoms with E-state index in [-0.39, 0.29) is 17.9 Å². The minimum atomic E-state index is -0.849. The zero-order valence-electron chi connectivity index (χ0n) is 15.0. The van der Waals surface area contributed by atoms with Gasteiger partial charge in [0.05, 0.1) is 5.69 Å². The fourth-order valence-electron chi connectivity index (χ4n) is 3.26. The van der Waals surface area contributed by atoms with E-state index in [4.69, 9.17) is 0 Å². The van der Waals surface area contributed by atoms with Gasteiger partial charge in [-0.15, -0.1) is 0 Å². The Bertz CT molecular complexity index is 760. The summed E-state index contributed by atoms with van der Waals surface area (Å²) in [6.45, 7) is 1.41. The van der Waals surface area contributed by atoms with Gasteiger partial charge in [0.2, 0.25) is 5.91 Å². The van der Waals surface area contributed by atoms with Gasteiger partial charge in [-0.05, 0) is 42.8 Å². The maximum atomic E-state index is 13.6. The molecule has 1 aromatic heterocycles. The summed E-state index contributed by atoms with van der Waals surface area (Å²) in [4.78, 5) is 16.6. The van der Waals surface area contributed by atoms with Crippen LogP contribution in [-0.2, 0) is 10.5 Å². The molecule has 4 nitrogen and oxygen atoms in total. The first-order chi connectivity index (χ1) is 13.1. The Hall–Kier alpha value is -1.99. The molecule has 2 atom stereocenters. The lowest BCUT2D eigenvalue weighted by molar-refractivity contribution is -0.121. The lowest BCUT2D eigenvalue weighted by atomic mass is 9.86. The number of benzene rings is 1. The first-order valence-corrected chi connectivity index (χ1v) is 10.2. The van der Waals surface area contributed by atoms with Crippen LogP contribution in [0.4, 0.5) is 8.78 Å². The normalized spacial score (nSPS) is 19.6. The van der Waals surface area contributed by atoms with Crippen molar-refractivity contribution in [2.24, 2.45) is 0 Å². The fraction of sp³-hybridized carbons (Fsp3) is 0.400. The molecule has 0 bridgehead atoms. The van der Waals surface area contributed by atoms with Gasteiger partial charge in [-0.3, -0.25) is 9.78 Å². The predicted octanol–water partition coefficient (Wildman–Crippen LogP) is 3.25. The Labute approximate surface area is 162 Å². The summed E-state index contributed by atoms with van der Waals surface area (Å²) in [5.74, 6) is -0.258. The summed E-state index contributed by atoms with van der Waals surface area (Å²) >= 11 is 1.67. The minimum Gasteiger partial charge on any atom is -0.351 e. The number of hydrogen-bond donors (Lipinski definition) is 2. The third kappa shape index (κ3) is 5.74. The smallest absolute Gasteiger partial charge is 0.221 e. The van der Waals surface area contributed by atoms with Crippen molar-refractivity contribution in [1.29, 1.82) is 0 Å². The average molecular weight is 391 g/mol. The van der Waals surface area contributed by atoms with Crippen LogP contribution in [0.15, 0.2) is 42.6 Å². The van der Waals surface area contributed by atoms with Crippen molar-refractivity contribution in [3.8, 4) is 0 Å². The van der Waals surface area contributed by atoms with Crippen LogP contribution in [0, 0.1) is 11.6 Å². The molecule has 1 amide bonds. The molecule has 2 unspecified atom stereocenters. The number of carbonyl (C=O) groups is 1. The van der Waals surface area contributed by atoms with Crippen LogP contribution >= 0.6 is 11.8 Å². The molecule has 1 aliphatic rings. The Morgan fingerprint density at radius 1 is 1.26 bits per heavy atom. The van der Waals surface area contributed by atoms with Crippen LogP contribution in [0.25, 0.3) is 0 Å². The third-order valence-electron chi connectivity index (χ3n) is 4.65. The van der Waals surface area contributed by atoms with E-state index in [1.165, 1.54) is 6.07 Å². The van der Waals surface area contributed by atoms with Gasteiger partial charge in [-0.1, -0.05) is 12.1 Å². The quantitative estimate of drug-likeness (QED) is 0.712. The lowest BCUT2D eigenvalue weighted by Crippen LogP contribution is -2.50. The summed E-state index contributed by atoms with van der Waals surface area (Å²) in [6.07, 6.45) is 2.94. The zero-order valence-corrected chi connectivity index (χ0v) is 15.8. The zero-order chi connectivity index (χ0) is 19.1. The number of hydrogen-bond acceptors (Lipinski definition) is 4. The molecule has 2 N–H and O–H groups in total. The number of nitrogens with zero attached hydrogens (tertiary/aromatic N) is 1. The predicted molar refractivity (Wildman–Crippen MR) is 104 cm³/mol. The van der Waals surface area contributed by atoms with Crippen molar-refractivity contribution in [2.75, 3.05) is 18.8 Å². The molecule has 7 heteroatoms. The van der Waals surface area contributed by atoms with E-state index < -0.39 is 11.6 Å². The van der Waals surface area contributed by atoms with Crippen LogP contribution in [0.2, 0.25) is 0 Å². The molecule has 0 radical (unpaired) electrons. The van der Waals surface area contributed by atoms with Crippen molar-refractivity contribution < 1.29 is 13.6 Å². The van der Waals surface area contributed by atoms with Crippen LogP contribution in [0.5, 0.6) is 0 Å². The first kappa shape index (κ1) is 19.8.